The average molecular weight is 211 g/mol. The largest absolute Gasteiger partial charge is 0.379 e. The van der Waals surface area contributed by atoms with Crippen molar-refractivity contribution >= 4 is 0 Å². The lowest BCUT2D eigenvalue weighted by molar-refractivity contribution is 0.0344. The molecule has 1 unspecified atom stereocenters. The molecule has 1 saturated heterocycles. The lowest BCUT2D eigenvalue weighted by Crippen LogP contribution is -2.44. The quantitative estimate of drug-likeness (QED) is 0.654. The molecule has 1 aliphatic heterocycles. The number of morpholine rings is 1. The second kappa shape index (κ2) is 7.63. The fourth-order valence-corrected chi connectivity index (χ4v) is 1.75. The van der Waals surface area contributed by atoms with Crippen LogP contribution in [0.4, 0.5) is 0 Å². The van der Waals surface area contributed by atoms with Gasteiger partial charge in [-0.05, 0) is 19.9 Å². The number of nitriles is 1. The van der Waals surface area contributed by atoms with Crippen LogP contribution < -0.4 is 5.32 Å². The first-order chi connectivity index (χ1) is 7.33. The molecule has 0 aliphatic carbocycles. The Morgan fingerprint density at radius 3 is 2.87 bits per heavy atom. The van der Waals surface area contributed by atoms with Crippen molar-refractivity contribution in [2.45, 2.75) is 25.8 Å². The van der Waals surface area contributed by atoms with Crippen LogP contribution in [0.3, 0.4) is 0 Å². The van der Waals surface area contributed by atoms with Gasteiger partial charge in [-0.3, -0.25) is 4.90 Å². The van der Waals surface area contributed by atoms with Gasteiger partial charge in [-0.1, -0.05) is 0 Å². The normalized spacial score (nSPS) is 19.7. The summed E-state index contributed by atoms with van der Waals surface area (Å²) in [6.45, 7) is 8.04. The maximum absolute atomic E-state index is 8.39. The van der Waals surface area contributed by atoms with E-state index in [2.05, 4.69) is 23.2 Å². The molecule has 4 nitrogen and oxygen atoms in total. The van der Waals surface area contributed by atoms with Crippen molar-refractivity contribution in [2.24, 2.45) is 0 Å². The van der Waals surface area contributed by atoms with Crippen LogP contribution in [-0.2, 0) is 4.74 Å². The minimum Gasteiger partial charge on any atom is -0.379 e. The Balaban J connectivity index is 2.01. The minimum atomic E-state index is 0.502. The first kappa shape index (κ1) is 12.4. The molecule has 1 atom stereocenters. The number of hydrogen-bond donors (Lipinski definition) is 1. The summed E-state index contributed by atoms with van der Waals surface area (Å²) in [6, 6.07) is 2.66. The Kier molecular flexibility index (Phi) is 6.33. The van der Waals surface area contributed by atoms with Gasteiger partial charge in [0.25, 0.3) is 0 Å². The smallest absolute Gasteiger partial charge is 0.0622 e. The second-order valence-electron chi connectivity index (χ2n) is 4.03. The standard InChI is InChI=1S/C11H21N3O/c1-11(13-5-3-2-4-12)10-14-6-8-15-9-7-14/h11,13H,2-3,5-10H2,1H3. The number of nitrogens with one attached hydrogen (secondary N) is 1. The third-order valence-corrected chi connectivity index (χ3v) is 2.59. The van der Waals surface area contributed by atoms with Gasteiger partial charge < -0.3 is 10.1 Å². The van der Waals surface area contributed by atoms with E-state index in [0.29, 0.717) is 12.5 Å². The lowest BCUT2D eigenvalue weighted by atomic mass is 10.2. The molecule has 0 aromatic rings. The van der Waals surface area contributed by atoms with Gasteiger partial charge in [0.2, 0.25) is 0 Å². The monoisotopic (exact) mass is 211 g/mol. The number of unbranched alkanes of at least 4 members (excludes halogenated alkanes) is 1. The van der Waals surface area contributed by atoms with Crippen molar-refractivity contribution in [1.29, 1.82) is 5.26 Å². The Bertz CT molecular complexity index is 196. The molecule has 0 aromatic carbocycles. The van der Waals surface area contributed by atoms with E-state index in [1.54, 1.807) is 0 Å². The summed E-state index contributed by atoms with van der Waals surface area (Å²) in [7, 11) is 0. The van der Waals surface area contributed by atoms with E-state index in [0.717, 1.165) is 45.8 Å². The van der Waals surface area contributed by atoms with Crippen LogP contribution in [0.25, 0.3) is 0 Å². The number of ether oxygens (including phenoxy) is 1. The van der Waals surface area contributed by atoms with Gasteiger partial charge in [-0.25, -0.2) is 0 Å². The topological polar surface area (TPSA) is 48.3 Å². The molecule has 0 spiro atoms. The van der Waals surface area contributed by atoms with Gasteiger partial charge in [0.15, 0.2) is 0 Å². The molecule has 0 saturated carbocycles. The molecule has 4 heteroatoms. The third kappa shape index (κ3) is 5.73. The van der Waals surface area contributed by atoms with Crippen molar-refractivity contribution in [1.82, 2.24) is 10.2 Å². The van der Waals surface area contributed by atoms with E-state index in [-0.39, 0.29) is 0 Å². The Labute approximate surface area is 92.2 Å². The van der Waals surface area contributed by atoms with Crippen molar-refractivity contribution in [3.8, 4) is 6.07 Å². The predicted molar refractivity (Wildman–Crippen MR) is 59.6 cm³/mol. The SMILES string of the molecule is CC(CN1CCOCC1)NCCCC#N. The van der Waals surface area contributed by atoms with Gasteiger partial charge in [-0.15, -0.1) is 0 Å². The van der Waals surface area contributed by atoms with Crippen LogP contribution in [0.2, 0.25) is 0 Å². The van der Waals surface area contributed by atoms with Gasteiger partial charge in [-0.2, -0.15) is 5.26 Å². The summed E-state index contributed by atoms with van der Waals surface area (Å²) in [6.07, 6.45) is 1.60. The zero-order valence-electron chi connectivity index (χ0n) is 9.54. The fourth-order valence-electron chi connectivity index (χ4n) is 1.75. The summed E-state index contributed by atoms with van der Waals surface area (Å²) in [5.74, 6) is 0. The van der Waals surface area contributed by atoms with Crippen molar-refractivity contribution < 1.29 is 4.74 Å². The van der Waals surface area contributed by atoms with E-state index < -0.39 is 0 Å². The third-order valence-electron chi connectivity index (χ3n) is 2.59. The van der Waals surface area contributed by atoms with Crippen molar-refractivity contribution in [2.75, 3.05) is 39.4 Å². The van der Waals surface area contributed by atoms with E-state index in [1.165, 1.54) is 0 Å². The van der Waals surface area contributed by atoms with E-state index in [9.17, 15) is 0 Å². The fraction of sp³-hybridized carbons (Fsp3) is 0.909. The molecular formula is C11H21N3O. The van der Waals surface area contributed by atoms with Gasteiger partial charge in [0.1, 0.15) is 0 Å². The van der Waals surface area contributed by atoms with Crippen molar-refractivity contribution in [3.63, 3.8) is 0 Å². The molecule has 1 aliphatic rings. The second-order valence-corrected chi connectivity index (χ2v) is 4.03. The molecule has 86 valence electrons. The van der Waals surface area contributed by atoms with Crippen LogP contribution in [0.15, 0.2) is 0 Å². The van der Waals surface area contributed by atoms with Gasteiger partial charge >= 0.3 is 0 Å². The van der Waals surface area contributed by atoms with Crippen LogP contribution in [0.1, 0.15) is 19.8 Å². The molecule has 0 amide bonds. The van der Waals surface area contributed by atoms with E-state index in [1.807, 2.05) is 0 Å². The molecule has 1 N–H and O–H groups in total. The zero-order valence-corrected chi connectivity index (χ0v) is 9.54. The molecule has 1 heterocycles. The maximum atomic E-state index is 8.39. The molecule has 0 radical (unpaired) electrons. The van der Waals surface area contributed by atoms with Crippen molar-refractivity contribution in [3.05, 3.63) is 0 Å². The maximum Gasteiger partial charge on any atom is 0.0622 e. The molecule has 0 aromatic heterocycles. The van der Waals surface area contributed by atoms with Crippen LogP contribution in [0.5, 0.6) is 0 Å². The molecule has 1 rings (SSSR count). The number of hydrogen-bond acceptors (Lipinski definition) is 4. The summed E-state index contributed by atoms with van der Waals surface area (Å²) in [4.78, 5) is 2.42. The van der Waals surface area contributed by atoms with Gasteiger partial charge in [0.05, 0.1) is 19.3 Å². The first-order valence-corrected chi connectivity index (χ1v) is 5.73. The van der Waals surface area contributed by atoms with Crippen LogP contribution >= 0.6 is 0 Å². The van der Waals surface area contributed by atoms with Crippen LogP contribution in [0, 0.1) is 11.3 Å². The summed E-state index contributed by atoms with van der Waals surface area (Å²) in [5.41, 5.74) is 0. The highest BCUT2D eigenvalue weighted by molar-refractivity contribution is 4.72. The molecular weight excluding hydrogens is 190 g/mol. The molecule has 15 heavy (non-hydrogen) atoms. The summed E-state index contributed by atoms with van der Waals surface area (Å²) in [5, 5.41) is 11.8. The average Bonchev–Trinajstić information content (AvgIpc) is 2.26. The van der Waals surface area contributed by atoms with E-state index in [4.69, 9.17) is 10.00 Å². The van der Waals surface area contributed by atoms with Crippen LogP contribution in [-0.4, -0.2) is 50.3 Å². The molecule has 0 bridgehead atoms. The zero-order chi connectivity index (χ0) is 10.9. The highest BCUT2D eigenvalue weighted by atomic mass is 16.5. The van der Waals surface area contributed by atoms with E-state index >= 15 is 0 Å². The lowest BCUT2D eigenvalue weighted by Gasteiger charge is -2.29. The Morgan fingerprint density at radius 1 is 1.47 bits per heavy atom. The predicted octanol–water partition coefficient (Wildman–Crippen LogP) is 0.600. The highest BCUT2D eigenvalue weighted by Gasteiger charge is 2.12. The van der Waals surface area contributed by atoms with Gasteiger partial charge in [0, 0.05) is 32.1 Å². The first-order valence-electron chi connectivity index (χ1n) is 5.73. The minimum absolute atomic E-state index is 0.502. The molecule has 1 fully saturated rings. The summed E-state index contributed by atoms with van der Waals surface area (Å²) < 4.78 is 5.30. The Morgan fingerprint density at radius 2 is 2.20 bits per heavy atom. The Hall–Kier alpha value is -0.630. The number of nitrogens with zero attached hydrogens (tertiary/aromatic N) is 2. The summed E-state index contributed by atoms with van der Waals surface area (Å²) >= 11 is 0. The highest BCUT2D eigenvalue weighted by Crippen LogP contribution is 1.98. The number of rotatable bonds is 6.